The molecule has 0 amide bonds. The van der Waals surface area contributed by atoms with E-state index < -0.39 is 7.82 Å². The average Bonchev–Trinajstić information content (AvgIpc) is 2.45. The summed E-state index contributed by atoms with van der Waals surface area (Å²) >= 11 is 0. The Labute approximate surface area is 122 Å². The number of hydrogen-bond donors (Lipinski definition) is 0. The van der Waals surface area contributed by atoms with Crippen LogP contribution >= 0.6 is 7.82 Å². The average molecular weight is 303 g/mol. The van der Waals surface area contributed by atoms with Crippen molar-refractivity contribution in [3.05, 3.63) is 77.9 Å². The summed E-state index contributed by atoms with van der Waals surface area (Å²) in [6.45, 7) is 0. The van der Waals surface area contributed by atoms with Gasteiger partial charge in [-0.05, 0) is 11.6 Å². The van der Waals surface area contributed by atoms with Gasteiger partial charge in [0.2, 0.25) is 0 Å². The van der Waals surface area contributed by atoms with Gasteiger partial charge in [0.1, 0.15) is 0 Å². The molecule has 0 unspecified atom stereocenters. The van der Waals surface area contributed by atoms with Crippen molar-refractivity contribution in [1.82, 2.24) is 0 Å². The van der Waals surface area contributed by atoms with Crippen molar-refractivity contribution in [2.45, 2.75) is 0 Å². The van der Waals surface area contributed by atoms with Gasteiger partial charge in [0.05, 0.1) is 0 Å². The van der Waals surface area contributed by atoms with Gasteiger partial charge in [0.15, 0.2) is 5.78 Å². The molecule has 0 N–H and O–H groups in total. The molecule has 0 radical (unpaired) electrons. The lowest BCUT2D eigenvalue weighted by molar-refractivity contribution is -0.432. The summed E-state index contributed by atoms with van der Waals surface area (Å²) in [5.74, 6) is 0.0319. The Morgan fingerprint density at radius 1 is 0.857 bits per heavy atom. The summed E-state index contributed by atoms with van der Waals surface area (Å²) in [4.78, 5) is 37.4. The molecule has 0 bridgehead atoms. The lowest BCUT2D eigenvalue weighted by atomic mass is 10.1. The monoisotopic (exact) mass is 303 g/mol. The fourth-order valence-corrected chi connectivity index (χ4v) is 1.43. The quantitative estimate of drug-likeness (QED) is 0.473. The van der Waals surface area contributed by atoms with Gasteiger partial charge in [-0.3, -0.25) is 4.79 Å². The van der Waals surface area contributed by atoms with E-state index in [-0.39, 0.29) is 5.78 Å². The van der Waals surface area contributed by atoms with E-state index >= 15 is 0 Å². The number of benzene rings is 2. The van der Waals surface area contributed by atoms with Gasteiger partial charge in [-0.15, -0.1) is 0 Å². The molecule has 21 heavy (non-hydrogen) atoms. The van der Waals surface area contributed by atoms with E-state index in [2.05, 4.69) is 0 Å². The van der Waals surface area contributed by atoms with E-state index in [4.69, 9.17) is 19.2 Å². The van der Waals surface area contributed by atoms with Crippen LogP contribution in [0.1, 0.15) is 15.9 Å². The summed E-state index contributed by atoms with van der Waals surface area (Å²) in [5.41, 5.74) is 1.75. The van der Waals surface area contributed by atoms with Gasteiger partial charge in [-0.2, -0.15) is 7.82 Å². The molecule has 0 aliphatic heterocycles. The zero-order valence-corrected chi connectivity index (χ0v) is 11.8. The maximum Gasteiger partial charge on any atom is 0.185 e. The van der Waals surface area contributed by atoms with Crippen LogP contribution in [-0.4, -0.2) is 5.78 Å². The lowest BCUT2D eigenvalue weighted by Crippen LogP contribution is -2.24. The molecule has 110 valence electrons. The Kier molecular flexibility index (Phi) is 6.72. The van der Waals surface area contributed by atoms with Crippen molar-refractivity contribution in [2.24, 2.45) is 0 Å². The molecule has 0 heterocycles. The zero-order chi connectivity index (χ0) is 15.7. The molecule has 0 saturated heterocycles. The third-order valence-corrected chi connectivity index (χ3v) is 2.29. The first kappa shape index (κ1) is 17.0. The molecule has 0 spiro atoms. The second kappa shape index (κ2) is 8.29. The first-order chi connectivity index (χ1) is 9.86. The van der Waals surface area contributed by atoms with Gasteiger partial charge in [0, 0.05) is 5.56 Å². The van der Waals surface area contributed by atoms with E-state index in [1.54, 1.807) is 6.08 Å². The van der Waals surface area contributed by atoms with E-state index in [0.29, 0.717) is 0 Å². The second-order valence-electron chi connectivity index (χ2n) is 3.92. The number of carbonyl (C=O) groups excluding carboxylic acids is 1. The first-order valence-corrected chi connectivity index (χ1v) is 7.38. The standard InChI is InChI=1S/C15H12O.H3O4P/c16-15(14-9-5-2-6-10-14)12-11-13-7-3-1-4-8-13;1-5(2,3)4/h1-12H;(H3,1,2,3,4)/p-3/b12-11+;. The van der Waals surface area contributed by atoms with Crippen LogP contribution in [-0.2, 0) is 4.57 Å². The van der Waals surface area contributed by atoms with Crippen molar-refractivity contribution < 1.29 is 24.0 Å². The van der Waals surface area contributed by atoms with Crippen LogP contribution < -0.4 is 14.7 Å². The van der Waals surface area contributed by atoms with Gasteiger partial charge < -0.3 is 19.2 Å². The van der Waals surface area contributed by atoms with E-state index in [9.17, 15) is 4.79 Å². The highest BCUT2D eigenvalue weighted by molar-refractivity contribution is 7.40. The Morgan fingerprint density at radius 3 is 1.76 bits per heavy atom. The summed E-state index contributed by atoms with van der Waals surface area (Å²) in [5, 5.41) is 0. The first-order valence-electron chi connectivity index (χ1n) is 5.92. The number of allylic oxidation sites excluding steroid dienone is 1. The molecule has 0 atom stereocenters. The smallest absolute Gasteiger partial charge is 0.185 e. The summed E-state index contributed by atoms with van der Waals surface area (Å²) in [6, 6.07) is 19.1. The van der Waals surface area contributed by atoms with Crippen molar-refractivity contribution >= 4 is 19.7 Å². The Bertz CT molecular complexity index is 623. The summed E-state index contributed by atoms with van der Waals surface area (Å²) < 4.78 is 8.55. The van der Waals surface area contributed by atoms with Gasteiger partial charge in [0.25, 0.3) is 0 Å². The highest BCUT2D eigenvalue weighted by Gasteiger charge is 1.98. The summed E-state index contributed by atoms with van der Waals surface area (Å²) in [7, 11) is -5.39. The molecule has 2 aromatic rings. The molecule has 2 aromatic carbocycles. The minimum atomic E-state index is -5.39. The molecule has 0 fully saturated rings. The predicted octanol–water partition coefficient (Wildman–Crippen LogP) is 0.758. The van der Waals surface area contributed by atoms with Crippen molar-refractivity contribution in [3.8, 4) is 0 Å². The van der Waals surface area contributed by atoms with Crippen LogP contribution in [0.3, 0.4) is 0 Å². The molecule has 2 rings (SSSR count). The van der Waals surface area contributed by atoms with Crippen LogP contribution in [0.2, 0.25) is 0 Å². The molecular formula is C15H12O5P-3. The van der Waals surface area contributed by atoms with E-state index in [1.165, 1.54) is 0 Å². The lowest BCUT2D eigenvalue weighted by Gasteiger charge is -2.36. The van der Waals surface area contributed by atoms with E-state index in [1.807, 2.05) is 66.7 Å². The van der Waals surface area contributed by atoms with Gasteiger partial charge in [-0.25, -0.2) is 0 Å². The Hall–Kier alpha value is -2.04. The number of rotatable bonds is 3. The zero-order valence-electron chi connectivity index (χ0n) is 10.9. The number of phosphoric acid groups is 1. The third kappa shape index (κ3) is 8.68. The van der Waals surface area contributed by atoms with Gasteiger partial charge in [-0.1, -0.05) is 66.7 Å². The fraction of sp³-hybridized carbons (Fsp3) is 0. The predicted molar refractivity (Wildman–Crippen MR) is 73.9 cm³/mol. The van der Waals surface area contributed by atoms with Crippen molar-refractivity contribution in [3.63, 3.8) is 0 Å². The molecule has 6 heteroatoms. The number of hydrogen-bond acceptors (Lipinski definition) is 5. The van der Waals surface area contributed by atoms with Crippen LogP contribution in [0.4, 0.5) is 0 Å². The largest absolute Gasteiger partial charge is 0.822 e. The van der Waals surface area contributed by atoms with Crippen molar-refractivity contribution in [1.29, 1.82) is 0 Å². The van der Waals surface area contributed by atoms with Gasteiger partial charge >= 0.3 is 0 Å². The Balaban J connectivity index is 0.000000383. The molecule has 5 nitrogen and oxygen atoms in total. The molecule has 0 aromatic heterocycles. The second-order valence-corrected chi connectivity index (χ2v) is 4.82. The summed E-state index contributed by atoms with van der Waals surface area (Å²) in [6.07, 6.45) is 3.43. The molecule has 0 aliphatic rings. The maximum atomic E-state index is 11.7. The van der Waals surface area contributed by atoms with Crippen LogP contribution in [0, 0.1) is 0 Å². The minimum absolute atomic E-state index is 0.0319. The third-order valence-electron chi connectivity index (χ3n) is 2.29. The fourth-order valence-electron chi connectivity index (χ4n) is 1.43. The maximum absolute atomic E-state index is 11.7. The van der Waals surface area contributed by atoms with Crippen LogP contribution in [0.25, 0.3) is 6.08 Å². The Morgan fingerprint density at radius 2 is 1.29 bits per heavy atom. The van der Waals surface area contributed by atoms with E-state index in [0.717, 1.165) is 11.1 Å². The highest BCUT2D eigenvalue weighted by Crippen LogP contribution is 2.05. The normalized spacial score (nSPS) is 10.8. The SMILES string of the molecule is O=C(/C=C/c1ccccc1)c1ccccc1.O=P([O-])([O-])[O-]. The number of carbonyl (C=O) groups is 1. The van der Waals surface area contributed by atoms with Crippen LogP contribution in [0.15, 0.2) is 66.7 Å². The molecule has 0 saturated carbocycles. The topological polar surface area (TPSA) is 103 Å². The highest BCUT2D eigenvalue weighted by atomic mass is 31.2. The molecule has 0 aliphatic carbocycles. The number of ketones is 1. The molecular weight excluding hydrogens is 291 g/mol. The van der Waals surface area contributed by atoms with Crippen molar-refractivity contribution in [2.75, 3.05) is 0 Å². The van der Waals surface area contributed by atoms with Crippen LogP contribution in [0.5, 0.6) is 0 Å². The minimum Gasteiger partial charge on any atom is -0.822 e.